The standard InChI is InChI=1S/C33H37NO3/c1-4-33(5-2,29-12-10-27(11-13-29)28-20-25(21-31(35)36)22-34-23-28)30-14-9-26(24(3)19-30)15-18-32(37)16-7-6-8-17-32/h9-14,19-20,22-23,37H,4-8,16-17,21H2,1-3H3,(H,35,36). The third-order valence-electron chi connectivity index (χ3n) is 8.02. The van der Waals surface area contributed by atoms with Crippen LogP contribution in [0.15, 0.2) is 60.9 Å². The summed E-state index contributed by atoms with van der Waals surface area (Å²) < 4.78 is 0. The van der Waals surface area contributed by atoms with Gasteiger partial charge in [-0.05, 0) is 85.4 Å². The molecule has 0 bridgehead atoms. The van der Waals surface area contributed by atoms with Crippen molar-refractivity contribution in [2.75, 3.05) is 0 Å². The number of hydrogen-bond acceptors (Lipinski definition) is 3. The van der Waals surface area contributed by atoms with Crippen molar-refractivity contribution in [1.82, 2.24) is 4.98 Å². The van der Waals surface area contributed by atoms with Crippen molar-refractivity contribution in [1.29, 1.82) is 0 Å². The van der Waals surface area contributed by atoms with E-state index >= 15 is 0 Å². The Bertz CT molecular complexity index is 1300. The number of pyridine rings is 1. The van der Waals surface area contributed by atoms with Crippen LogP contribution < -0.4 is 0 Å². The normalized spacial score (nSPS) is 15.0. The zero-order chi connectivity index (χ0) is 26.5. The second-order valence-electron chi connectivity index (χ2n) is 10.4. The number of hydrogen-bond donors (Lipinski definition) is 2. The largest absolute Gasteiger partial charge is 0.481 e. The molecule has 1 aromatic heterocycles. The van der Waals surface area contributed by atoms with Crippen molar-refractivity contribution in [3.05, 3.63) is 88.7 Å². The monoisotopic (exact) mass is 495 g/mol. The van der Waals surface area contributed by atoms with E-state index in [2.05, 4.69) is 80.1 Å². The van der Waals surface area contributed by atoms with Crippen LogP contribution >= 0.6 is 0 Å². The van der Waals surface area contributed by atoms with E-state index in [4.69, 9.17) is 5.11 Å². The lowest BCUT2D eigenvalue weighted by Gasteiger charge is -2.34. The number of nitrogens with zero attached hydrogens (tertiary/aromatic N) is 1. The minimum Gasteiger partial charge on any atom is -0.481 e. The van der Waals surface area contributed by atoms with Crippen molar-refractivity contribution in [3.8, 4) is 23.0 Å². The van der Waals surface area contributed by atoms with Crippen LogP contribution in [0.3, 0.4) is 0 Å². The molecule has 1 aliphatic rings. The van der Waals surface area contributed by atoms with Gasteiger partial charge in [0, 0.05) is 28.9 Å². The minimum absolute atomic E-state index is 0.0350. The second kappa shape index (κ2) is 11.3. The summed E-state index contributed by atoms with van der Waals surface area (Å²) in [5, 5.41) is 19.9. The van der Waals surface area contributed by atoms with Crippen molar-refractivity contribution < 1.29 is 15.0 Å². The highest BCUT2D eigenvalue weighted by Gasteiger charge is 2.31. The van der Waals surface area contributed by atoms with Crippen molar-refractivity contribution in [2.24, 2.45) is 0 Å². The molecular weight excluding hydrogens is 458 g/mol. The number of carboxylic acid groups (broad SMARTS) is 1. The summed E-state index contributed by atoms with van der Waals surface area (Å²) in [7, 11) is 0. The Balaban J connectivity index is 1.62. The van der Waals surface area contributed by atoms with Crippen LogP contribution in [0.4, 0.5) is 0 Å². The number of rotatable bonds is 7. The molecule has 4 heteroatoms. The van der Waals surface area contributed by atoms with E-state index in [1.165, 1.54) is 17.5 Å². The molecule has 0 amide bonds. The van der Waals surface area contributed by atoms with Crippen LogP contribution in [0.2, 0.25) is 0 Å². The average Bonchev–Trinajstić information content (AvgIpc) is 2.90. The van der Waals surface area contributed by atoms with Gasteiger partial charge in [-0.25, -0.2) is 0 Å². The topological polar surface area (TPSA) is 70.4 Å². The zero-order valence-electron chi connectivity index (χ0n) is 22.2. The first-order valence-corrected chi connectivity index (χ1v) is 13.4. The predicted molar refractivity (Wildman–Crippen MR) is 148 cm³/mol. The molecule has 0 unspecified atom stereocenters. The molecule has 1 aliphatic carbocycles. The molecule has 0 aliphatic heterocycles. The highest BCUT2D eigenvalue weighted by molar-refractivity contribution is 5.71. The summed E-state index contributed by atoms with van der Waals surface area (Å²) in [6.07, 6.45) is 10.1. The molecule has 1 fully saturated rings. The number of carboxylic acids is 1. The number of carbonyl (C=O) groups is 1. The third kappa shape index (κ3) is 5.95. The molecule has 3 aromatic rings. The number of aliphatic carboxylic acids is 1. The van der Waals surface area contributed by atoms with E-state index in [9.17, 15) is 9.90 Å². The van der Waals surface area contributed by atoms with Gasteiger partial charge >= 0.3 is 5.97 Å². The lowest BCUT2D eigenvalue weighted by molar-refractivity contribution is -0.136. The summed E-state index contributed by atoms with van der Waals surface area (Å²) in [4.78, 5) is 15.3. The number of aromatic nitrogens is 1. The van der Waals surface area contributed by atoms with Crippen LogP contribution in [0.1, 0.15) is 86.6 Å². The Morgan fingerprint density at radius 2 is 1.62 bits per heavy atom. The van der Waals surface area contributed by atoms with E-state index < -0.39 is 11.6 Å². The first-order chi connectivity index (χ1) is 17.8. The van der Waals surface area contributed by atoms with Gasteiger partial charge in [0.25, 0.3) is 0 Å². The lowest BCUT2D eigenvalue weighted by Crippen LogP contribution is -2.29. The number of aryl methyl sites for hydroxylation is 1. The fraction of sp³-hybridized carbons (Fsp3) is 0.394. The van der Waals surface area contributed by atoms with Gasteiger partial charge in [-0.3, -0.25) is 9.78 Å². The molecule has 0 spiro atoms. The first-order valence-electron chi connectivity index (χ1n) is 13.4. The van der Waals surface area contributed by atoms with Gasteiger partial charge in [-0.15, -0.1) is 0 Å². The Labute approximate surface area is 220 Å². The summed E-state index contributed by atoms with van der Waals surface area (Å²) in [6, 6.07) is 17.1. The summed E-state index contributed by atoms with van der Waals surface area (Å²) >= 11 is 0. The summed E-state index contributed by atoms with van der Waals surface area (Å²) in [6.45, 7) is 6.57. The zero-order valence-corrected chi connectivity index (χ0v) is 22.2. The van der Waals surface area contributed by atoms with Crippen molar-refractivity contribution in [2.45, 2.75) is 83.2 Å². The molecular formula is C33H37NO3. The highest BCUT2D eigenvalue weighted by atomic mass is 16.4. The smallest absolute Gasteiger partial charge is 0.307 e. The van der Waals surface area contributed by atoms with Gasteiger partial charge in [0.2, 0.25) is 0 Å². The van der Waals surface area contributed by atoms with E-state index in [1.807, 2.05) is 6.07 Å². The predicted octanol–water partition coefficient (Wildman–Crippen LogP) is 6.84. The van der Waals surface area contributed by atoms with E-state index in [-0.39, 0.29) is 11.8 Å². The van der Waals surface area contributed by atoms with Crippen LogP contribution in [0, 0.1) is 18.8 Å². The average molecular weight is 496 g/mol. The second-order valence-corrected chi connectivity index (χ2v) is 10.4. The Morgan fingerprint density at radius 3 is 2.24 bits per heavy atom. The molecule has 0 radical (unpaired) electrons. The van der Waals surface area contributed by atoms with E-state index in [0.717, 1.165) is 60.8 Å². The molecule has 37 heavy (non-hydrogen) atoms. The fourth-order valence-corrected chi connectivity index (χ4v) is 5.68. The van der Waals surface area contributed by atoms with Crippen molar-refractivity contribution in [3.63, 3.8) is 0 Å². The highest BCUT2D eigenvalue weighted by Crippen LogP contribution is 2.40. The molecule has 0 saturated heterocycles. The van der Waals surface area contributed by atoms with E-state index in [1.54, 1.807) is 12.4 Å². The number of benzene rings is 2. The van der Waals surface area contributed by atoms with Crippen LogP contribution in [-0.2, 0) is 16.6 Å². The molecule has 4 nitrogen and oxygen atoms in total. The summed E-state index contributed by atoms with van der Waals surface area (Å²) in [5.41, 5.74) is 6.31. The van der Waals surface area contributed by atoms with Gasteiger partial charge in [-0.1, -0.05) is 68.5 Å². The maximum Gasteiger partial charge on any atom is 0.307 e. The van der Waals surface area contributed by atoms with Crippen molar-refractivity contribution >= 4 is 5.97 Å². The molecule has 0 atom stereocenters. The molecule has 192 valence electrons. The maximum atomic E-state index is 11.1. The van der Waals surface area contributed by atoms with Gasteiger partial charge < -0.3 is 10.2 Å². The Hall–Kier alpha value is -3.42. The van der Waals surface area contributed by atoms with Crippen LogP contribution in [-0.4, -0.2) is 26.8 Å². The van der Waals surface area contributed by atoms with Gasteiger partial charge in [0.1, 0.15) is 5.60 Å². The quantitative estimate of drug-likeness (QED) is 0.352. The van der Waals surface area contributed by atoms with E-state index in [0.29, 0.717) is 5.56 Å². The van der Waals surface area contributed by atoms with Gasteiger partial charge in [-0.2, -0.15) is 0 Å². The molecule has 2 N–H and O–H groups in total. The number of aliphatic hydroxyl groups is 1. The fourth-order valence-electron chi connectivity index (χ4n) is 5.68. The SMILES string of the molecule is CCC(CC)(c1ccc(-c2cncc(CC(=O)O)c2)cc1)c1ccc(C#CC2(O)CCCCC2)c(C)c1. The Morgan fingerprint density at radius 1 is 0.946 bits per heavy atom. The van der Waals surface area contributed by atoms with Gasteiger partial charge in [0.05, 0.1) is 6.42 Å². The van der Waals surface area contributed by atoms with Crippen LogP contribution in [0.5, 0.6) is 0 Å². The third-order valence-corrected chi connectivity index (χ3v) is 8.02. The maximum absolute atomic E-state index is 11.1. The minimum atomic E-state index is -0.859. The molecule has 2 aromatic carbocycles. The van der Waals surface area contributed by atoms with Gasteiger partial charge in [0.15, 0.2) is 0 Å². The van der Waals surface area contributed by atoms with Crippen LogP contribution in [0.25, 0.3) is 11.1 Å². The first kappa shape index (κ1) is 26.6. The molecule has 1 saturated carbocycles. The summed E-state index contributed by atoms with van der Waals surface area (Å²) in [5.74, 6) is 5.59. The Kier molecular flexibility index (Phi) is 8.15. The molecule has 1 heterocycles. The molecule has 4 rings (SSSR count). The lowest BCUT2D eigenvalue weighted by atomic mass is 9.70.